The van der Waals surface area contributed by atoms with E-state index in [-0.39, 0.29) is 18.0 Å². The lowest BCUT2D eigenvalue weighted by Gasteiger charge is -2.35. The molecule has 2 aliphatic heterocycles. The van der Waals surface area contributed by atoms with Crippen LogP contribution < -0.4 is 16.4 Å². The molecule has 6 nitrogen and oxygen atoms in total. The van der Waals surface area contributed by atoms with E-state index in [0.29, 0.717) is 24.4 Å². The van der Waals surface area contributed by atoms with E-state index in [9.17, 15) is 9.59 Å². The third kappa shape index (κ3) is 5.11. The second-order valence-corrected chi connectivity index (χ2v) is 8.83. The van der Waals surface area contributed by atoms with Gasteiger partial charge in [-0.1, -0.05) is 26.8 Å². The Morgan fingerprint density at radius 2 is 1.96 bits per heavy atom. The molecule has 1 saturated heterocycles. The predicted octanol–water partition coefficient (Wildman–Crippen LogP) is 1.67. The molecule has 0 bridgehead atoms. The molecule has 0 aromatic heterocycles. The first-order chi connectivity index (χ1) is 13.3. The Morgan fingerprint density at radius 3 is 2.61 bits per heavy atom. The van der Waals surface area contributed by atoms with Crippen LogP contribution >= 0.6 is 0 Å². The second kappa shape index (κ2) is 9.05. The number of fused-ring (bicyclic) bond motifs is 1. The van der Waals surface area contributed by atoms with Crippen LogP contribution in [0.25, 0.3) is 0 Å². The zero-order valence-corrected chi connectivity index (χ0v) is 17.3. The summed E-state index contributed by atoms with van der Waals surface area (Å²) in [6.45, 7) is 10.4. The Hall–Kier alpha value is -1.92. The molecule has 0 radical (unpaired) electrons. The molecule has 4 N–H and O–H groups in total. The lowest BCUT2D eigenvalue weighted by molar-refractivity contribution is -0.124. The van der Waals surface area contributed by atoms with Crippen LogP contribution in [0.2, 0.25) is 0 Å². The first-order valence-corrected chi connectivity index (χ1v) is 10.5. The van der Waals surface area contributed by atoms with Gasteiger partial charge in [0.25, 0.3) is 0 Å². The molecule has 1 fully saturated rings. The predicted molar refractivity (Wildman–Crippen MR) is 111 cm³/mol. The summed E-state index contributed by atoms with van der Waals surface area (Å²) in [7, 11) is 0. The van der Waals surface area contributed by atoms with E-state index in [1.165, 1.54) is 12.8 Å². The molecule has 154 valence electrons. The molecule has 28 heavy (non-hydrogen) atoms. The van der Waals surface area contributed by atoms with E-state index in [1.54, 1.807) is 6.07 Å². The summed E-state index contributed by atoms with van der Waals surface area (Å²) in [4.78, 5) is 26.8. The van der Waals surface area contributed by atoms with Crippen LogP contribution in [-0.2, 0) is 17.8 Å². The minimum atomic E-state index is -0.422. The zero-order chi connectivity index (χ0) is 20.3. The van der Waals surface area contributed by atoms with Crippen molar-refractivity contribution < 1.29 is 9.59 Å². The second-order valence-electron chi connectivity index (χ2n) is 8.83. The van der Waals surface area contributed by atoms with Gasteiger partial charge in [0, 0.05) is 24.7 Å². The van der Waals surface area contributed by atoms with E-state index in [4.69, 9.17) is 5.73 Å². The van der Waals surface area contributed by atoms with Crippen molar-refractivity contribution in [2.45, 2.75) is 58.7 Å². The number of benzene rings is 1. The lowest BCUT2D eigenvalue weighted by Crippen LogP contribution is -2.54. The maximum atomic E-state index is 12.9. The molecule has 0 spiro atoms. The first-order valence-electron chi connectivity index (χ1n) is 10.5. The number of nitrogens with two attached hydrogens (primary N) is 1. The lowest BCUT2D eigenvalue weighted by atomic mass is 9.93. The quantitative estimate of drug-likeness (QED) is 0.694. The molecular weight excluding hydrogens is 352 g/mol. The number of carbonyl (C=O) groups is 2. The van der Waals surface area contributed by atoms with Gasteiger partial charge in [0.15, 0.2) is 0 Å². The minimum absolute atomic E-state index is 0.0636. The van der Waals surface area contributed by atoms with Crippen molar-refractivity contribution in [1.29, 1.82) is 0 Å². The number of rotatable bonds is 6. The van der Waals surface area contributed by atoms with Gasteiger partial charge in [-0.25, -0.2) is 0 Å². The van der Waals surface area contributed by atoms with Crippen molar-refractivity contribution in [3.63, 3.8) is 0 Å². The van der Waals surface area contributed by atoms with Crippen molar-refractivity contribution in [3.8, 4) is 0 Å². The Labute approximate surface area is 168 Å². The number of nitrogens with one attached hydrogen (secondary N) is 2. The van der Waals surface area contributed by atoms with E-state index in [0.717, 1.165) is 36.7 Å². The van der Waals surface area contributed by atoms with Gasteiger partial charge in [-0.3, -0.25) is 9.59 Å². The average Bonchev–Trinajstić information content (AvgIpc) is 2.68. The monoisotopic (exact) mass is 386 g/mol. The van der Waals surface area contributed by atoms with E-state index < -0.39 is 5.91 Å². The van der Waals surface area contributed by atoms with Gasteiger partial charge in [0.1, 0.15) is 0 Å². The largest absolute Gasteiger partial charge is 0.366 e. The van der Waals surface area contributed by atoms with Crippen LogP contribution in [0.1, 0.15) is 55.1 Å². The Balaban J connectivity index is 1.59. The topological polar surface area (TPSA) is 87.5 Å². The third-order valence-electron chi connectivity index (χ3n) is 6.23. The molecule has 2 atom stereocenters. The number of piperidine rings is 1. The van der Waals surface area contributed by atoms with Crippen molar-refractivity contribution >= 4 is 11.8 Å². The highest BCUT2D eigenvalue weighted by atomic mass is 16.2. The maximum Gasteiger partial charge on any atom is 0.248 e. The molecule has 2 heterocycles. The van der Waals surface area contributed by atoms with Gasteiger partial charge in [-0.15, -0.1) is 0 Å². The minimum Gasteiger partial charge on any atom is -0.366 e. The molecule has 1 aromatic rings. The van der Waals surface area contributed by atoms with Gasteiger partial charge in [-0.05, 0) is 67.4 Å². The van der Waals surface area contributed by atoms with Crippen molar-refractivity contribution in [1.82, 2.24) is 15.5 Å². The summed E-state index contributed by atoms with van der Waals surface area (Å²) < 4.78 is 0. The molecule has 6 heteroatoms. The standard InChI is InChI=1S/C22H34N4O2/c1-14(2)20(13-26-8-6-15(3)7-9-26)25-22(28)19-11-16-4-5-17(21(23)27)10-18(16)12-24-19/h4-5,10,14-15,19-20,24H,6-9,11-13H2,1-3H3,(H2,23,27)(H,25,28)/t19?,20-/m1/s1. The number of nitrogens with zero attached hydrogens (tertiary/aromatic N) is 1. The van der Waals surface area contributed by atoms with Crippen LogP contribution in [-0.4, -0.2) is 48.4 Å². The SMILES string of the molecule is CC1CCN(C[C@@H](NC(=O)C2Cc3ccc(C(N)=O)cc3CN2)C(C)C)CC1. The molecule has 0 aliphatic carbocycles. The summed E-state index contributed by atoms with van der Waals surface area (Å²) in [5.41, 5.74) is 8.03. The summed E-state index contributed by atoms with van der Waals surface area (Å²) >= 11 is 0. The summed E-state index contributed by atoms with van der Waals surface area (Å²) in [5, 5.41) is 6.61. The van der Waals surface area contributed by atoms with Crippen LogP contribution in [0.3, 0.4) is 0 Å². The average molecular weight is 387 g/mol. The fourth-order valence-electron chi connectivity index (χ4n) is 4.08. The summed E-state index contributed by atoms with van der Waals surface area (Å²) in [5.74, 6) is 0.838. The molecule has 1 unspecified atom stereocenters. The van der Waals surface area contributed by atoms with Crippen LogP contribution in [0.15, 0.2) is 18.2 Å². The van der Waals surface area contributed by atoms with Gasteiger partial charge in [-0.2, -0.15) is 0 Å². The van der Waals surface area contributed by atoms with Gasteiger partial charge in [0.05, 0.1) is 6.04 Å². The van der Waals surface area contributed by atoms with Crippen molar-refractivity contribution in [2.75, 3.05) is 19.6 Å². The fraction of sp³-hybridized carbons (Fsp3) is 0.636. The smallest absolute Gasteiger partial charge is 0.248 e. The molecule has 2 amide bonds. The fourth-order valence-corrected chi connectivity index (χ4v) is 4.08. The molecular formula is C22H34N4O2. The van der Waals surface area contributed by atoms with Gasteiger partial charge in [0.2, 0.25) is 11.8 Å². The van der Waals surface area contributed by atoms with Crippen LogP contribution in [0.4, 0.5) is 0 Å². The highest BCUT2D eigenvalue weighted by Gasteiger charge is 2.28. The number of amides is 2. The highest BCUT2D eigenvalue weighted by molar-refractivity contribution is 5.93. The van der Waals surface area contributed by atoms with Crippen LogP contribution in [0, 0.1) is 11.8 Å². The summed E-state index contributed by atoms with van der Waals surface area (Å²) in [6.07, 6.45) is 3.12. The maximum absolute atomic E-state index is 12.9. The van der Waals surface area contributed by atoms with Gasteiger partial charge >= 0.3 is 0 Å². The zero-order valence-electron chi connectivity index (χ0n) is 17.3. The number of hydrogen-bond acceptors (Lipinski definition) is 4. The Morgan fingerprint density at radius 1 is 1.25 bits per heavy atom. The van der Waals surface area contributed by atoms with E-state index in [2.05, 4.69) is 36.3 Å². The molecule has 0 saturated carbocycles. The third-order valence-corrected chi connectivity index (χ3v) is 6.23. The normalized spacial score (nSPS) is 21.9. The van der Waals surface area contributed by atoms with Crippen molar-refractivity contribution in [2.24, 2.45) is 17.6 Å². The molecule has 3 rings (SSSR count). The van der Waals surface area contributed by atoms with Crippen LogP contribution in [0.5, 0.6) is 0 Å². The summed E-state index contributed by atoms with van der Waals surface area (Å²) in [6, 6.07) is 5.41. The highest BCUT2D eigenvalue weighted by Crippen LogP contribution is 2.20. The van der Waals surface area contributed by atoms with Gasteiger partial charge < -0.3 is 21.3 Å². The number of likely N-dealkylation sites (tertiary alicyclic amines) is 1. The van der Waals surface area contributed by atoms with E-state index in [1.807, 2.05) is 12.1 Å². The first kappa shape index (κ1) is 20.8. The Kier molecular flexibility index (Phi) is 6.73. The number of hydrogen-bond donors (Lipinski definition) is 3. The number of carbonyl (C=O) groups excluding carboxylic acids is 2. The van der Waals surface area contributed by atoms with E-state index >= 15 is 0 Å². The van der Waals surface area contributed by atoms with Crippen molar-refractivity contribution in [3.05, 3.63) is 34.9 Å². The molecule has 2 aliphatic rings. The number of primary amides is 1. The Bertz CT molecular complexity index is 710. The molecule has 1 aromatic carbocycles.